The summed E-state index contributed by atoms with van der Waals surface area (Å²) in [7, 11) is 0. The highest BCUT2D eigenvalue weighted by atomic mass is 16.1. The molecule has 62 valence electrons. The summed E-state index contributed by atoms with van der Waals surface area (Å²) in [5, 5.41) is 0. The molecule has 0 atom stereocenters. The molecule has 0 aliphatic heterocycles. The topological polar surface area (TPSA) is 43.1 Å². The molecule has 1 rings (SSSR count). The highest BCUT2D eigenvalue weighted by molar-refractivity contribution is 5.97. The summed E-state index contributed by atoms with van der Waals surface area (Å²) in [6.07, 6.45) is 1.63. The normalized spacial score (nSPS) is 9.42. The van der Waals surface area contributed by atoms with Gasteiger partial charge in [-0.2, -0.15) is 0 Å². The lowest BCUT2D eigenvalue weighted by Gasteiger charge is -2.04. The summed E-state index contributed by atoms with van der Waals surface area (Å²) < 4.78 is 0. The van der Waals surface area contributed by atoms with Gasteiger partial charge in [-0.25, -0.2) is 0 Å². The number of nitrogens with two attached hydrogens (primary N) is 1. The lowest BCUT2D eigenvalue weighted by atomic mass is 10.0. The molecule has 2 N–H and O–H groups in total. The van der Waals surface area contributed by atoms with Crippen LogP contribution in [-0.4, -0.2) is 5.91 Å². The van der Waals surface area contributed by atoms with E-state index >= 15 is 0 Å². The van der Waals surface area contributed by atoms with Gasteiger partial charge in [-0.05, 0) is 18.1 Å². The number of carbonyl (C=O) groups excluding carboxylic acids is 1. The molecule has 0 spiro atoms. The fraction of sp³-hybridized carbons (Fsp3) is 0.100. The van der Waals surface area contributed by atoms with Gasteiger partial charge >= 0.3 is 0 Å². The maximum Gasteiger partial charge on any atom is 0.249 e. The first kappa shape index (κ1) is 8.53. The Hall–Kier alpha value is -1.57. The van der Waals surface area contributed by atoms with Crippen LogP contribution < -0.4 is 5.73 Å². The van der Waals surface area contributed by atoms with Gasteiger partial charge in [0.2, 0.25) is 5.91 Å². The van der Waals surface area contributed by atoms with Gasteiger partial charge in [0.05, 0.1) is 0 Å². The molecule has 0 saturated heterocycles. The van der Waals surface area contributed by atoms with E-state index in [0.29, 0.717) is 5.56 Å². The molecular formula is C10H11NO. The van der Waals surface area contributed by atoms with Gasteiger partial charge in [-0.3, -0.25) is 4.79 Å². The first-order valence-corrected chi connectivity index (χ1v) is 3.68. The molecule has 1 aromatic carbocycles. The van der Waals surface area contributed by atoms with Crippen LogP contribution in [0.25, 0.3) is 6.08 Å². The Morgan fingerprint density at radius 1 is 1.58 bits per heavy atom. The zero-order chi connectivity index (χ0) is 9.14. The third-order valence-electron chi connectivity index (χ3n) is 1.77. The number of hydrogen-bond acceptors (Lipinski definition) is 1. The highest BCUT2D eigenvalue weighted by Crippen LogP contribution is 2.14. The van der Waals surface area contributed by atoms with Gasteiger partial charge in [-0.1, -0.05) is 30.9 Å². The highest BCUT2D eigenvalue weighted by Gasteiger charge is 2.07. The number of amides is 1. The average molecular weight is 161 g/mol. The third kappa shape index (κ3) is 1.37. The molecule has 0 fully saturated rings. The number of primary amides is 1. The summed E-state index contributed by atoms with van der Waals surface area (Å²) in [6, 6.07) is 5.55. The Labute approximate surface area is 71.7 Å². The van der Waals surface area contributed by atoms with Crippen molar-refractivity contribution in [2.45, 2.75) is 6.92 Å². The molecule has 0 saturated carbocycles. The van der Waals surface area contributed by atoms with Crippen LogP contribution >= 0.6 is 0 Å². The second-order valence-corrected chi connectivity index (χ2v) is 2.61. The van der Waals surface area contributed by atoms with Crippen LogP contribution in [0.4, 0.5) is 0 Å². The molecule has 0 heterocycles. The molecule has 0 radical (unpaired) electrons. The molecule has 1 amide bonds. The lowest BCUT2D eigenvalue weighted by molar-refractivity contribution is 0.0999. The van der Waals surface area contributed by atoms with Gasteiger partial charge < -0.3 is 5.73 Å². The fourth-order valence-corrected chi connectivity index (χ4v) is 1.20. The summed E-state index contributed by atoms with van der Waals surface area (Å²) in [4.78, 5) is 11.0. The average Bonchev–Trinajstić information content (AvgIpc) is 2.03. The van der Waals surface area contributed by atoms with Crippen molar-refractivity contribution < 1.29 is 4.79 Å². The van der Waals surface area contributed by atoms with Gasteiger partial charge in [-0.15, -0.1) is 0 Å². The predicted molar refractivity (Wildman–Crippen MR) is 49.8 cm³/mol. The molecule has 0 aliphatic rings. The van der Waals surface area contributed by atoms with Crippen molar-refractivity contribution >= 4 is 12.0 Å². The zero-order valence-corrected chi connectivity index (χ0v) is 7.00. The van der Waals surface area contributed by atoms with E-state index in [9.17, 15) is 4.79 Å². The molecule has 0 bridgehead atoms. The minimum absolute atomic E-state index is 0.400. The second kappa shape index (κ2) is 3.22. The minimum Gasteiger partial charge on any atom is -0.366 e. The van der Waals surface area contributed by atoms with E-state index in [1.807, 2.05) is 25.1 Å². The van der Waals surface area contributed by atoms with Crippen molar-refractivity contribution in [3.05, 3.63) is 41.5 Å². The van der Waals surface area contributed by atoms with E-state index in [4.69, 9.17) is 5.73 Å². The van der Waals surface area contributed by atoms with Crippen LogP contribution in [0.2, 0.25) is 0 Å². The Morgan fingerprint density at radius 3 is 2.67 bits per heavy atom. The van der Waals surface area contributed by atoms with Crippen LogP contribution in [0.15, 0.2) is 24.8 Å². The van der Waals surface area contributed by atoms with Crippen molar-refractivity contribution in [1.82, 2.24) is 0 Å². The lowest BCUT2D eigenvalue weighted by Crippen LogP contribution is -2.14. The second-order valence-electron chi connectivity index (χ2n) is 2.61. The Kier molecular flexibility index (Phi) is 2.29. The number of aryl methyl sites for hydroxylation is 1. The van der Waals surface area contributed by atoms with Crippen molar-refractivity contribution in [2.75, 3.05) is 0 Å². The van der Waals surface area contributed by atoms with Gasteiger partial charge in [0.25, 0.3) is 0 Å². The van der Waals surface area contributed by atoms with E-state index in [2.05, 4.69) is 6.58 Å². The van der Waals surface area contributed by atoms with Crippen molar-refractivity contribution in [3.8, 4) is 0 Å². The van der Waals surface area contributed by atoms with Crippen LogP contribution in [0.1, 0.15) is 21.5 Å². The number of rotatable bonds is 2. The Morgan fingerprint density at radius 2 is 2.25 bits per heavy atom. The van der Waals surface area contributed by atoms with Crippen LogP contribution in [0, 0.1) is 6.92 Å². The summed E-state index contributed by atoms with van der Waals surface area (Å²) >= 11 is 0. The number of hydrogen-bond donors (Lipinski definition) is 1. The minimum atomic E-state index is -0.400. The van der Waals surface area contributed by atoms with Crippen molar-refractivity contribution in [1.29, 1.82) is 0 Å². The largest absolute Gasteiger partial charge is 0.366 e. The molecule has 0 unspecified atom stereocenters. The summed E-state index contributed by atoms with van der Waals surface area (Å²) in [6.45, 7) is 5.46. The van der Waals surface area contributed by atoms with Gasteiger partial charge in [0, 0.05) is 5.56 Å². The quantitative estimate of drug-likeness (QED) is 0.705. The molecule has 2 nitrogen and oxygen atoms in total. The Bertz CT molecular complexity index is 329. The van der Waals surface area contributed by atoms with Crippen LogP contribution in [-0.2, 0) is 0 Å². The van der Waals surface area contributed by atoms with Crippen molar-refractivity contribution in [3.63, 3.8) is 0 Å². The first-order valence-electron chi connectivity index (χ1n) is 3.68. The Balaban J connectivity index is 3.39. The van der Waals surface area contributed by atoms with Crippen LogP contribution in [0.5, 0.6) is 0 Å². The number of carbonyl (C=O) groups is 1. The van der Waals surface area contributed by atoms with E-state index in [-0.39, 0.29) is 0 Å². The monoisotopic (exact) mass is 161 g/mol. The fourth-order valence-electron chi connectivity index (χ4n) is 1.20. The maximum absolute atomic E-state index is 11.0. The van der Waals surface area contributed by atoms with Gasteiger partial charge in [0.1, 0.15) is 0 Å². The first-order chi connectivity index (χ1) is 5.66. The molecule has 0 aliphatic carbocycles. The summed E-state index contributed by atoms with van der Waals surface area (Å²) in [5.74, 6) is -0.400. The summed E-state index contributed by atoms with van der Waals surface area (Å²) in [5.41, 5.74) is 7.45. The standard InChI is InChI=1S/C10H11NO/c1-3-8-6-4-5-7(2)9(8)10(11)12/h3-6H,1H2,2H3,(H2,11,12). The molecule has 12 heavy (non-hydrogen) atoms. The maximum atomic E-state index is 11.0. The molecule has 2 heteroatoms. The third-order valence-corrected chi connectivity index (χ3v) is 1.77. The van der Waals surface area contributed by atoms with E-state index in [0.717, 1.165) is 11.1 Å². The predicted octanol–water partition coefficient (Wildman–Crippen LogP) is 1.74. The van der Waals surface area contributed by atoms with E-state index in [1.165, 1.54) is 0 Å². The molecule has 0 aromatic heterocycles. The van der Waals surface area contributed by atoms with E-state index < -0.39 is 5.91 Å². The molecular weight excluding hydrogens is 150 g/mol. The zero-order valence-electron chi connectivity index (χ0n) is 7.00. The van der Waals surface area contributed by atoms with E-state index in [1.54, 1.807) is 6.08 Å². The van der Waals surface area contributed by atoms with Crippen LogP contribution in [0.3, 0.4) is 0 Å². The van der Waals surface area contributed by atoms with Gasteiger partial charge in [0.15, 0.2) is 0 Å². The molecule has 1 aromatic rings. The van der Waals surface area contributed by atoms with Crippen molar-refractivity contribution in [2.24, 2.45) is 5.73 Å². The SMILES string of the molecule is C=Cc1cccc(C)c1C(N)=O. The number of benzene rings is 1. The smallest absolute Gasteiger partial charge is 0.249 e.